The Labute approximate surface area is 178 Å². The summed E-state index contributed by atoms with van der Waals surface area (Å²) in [6.07, 6.45) is 2.77. The number of thiophene rings is 1. The lowest BCUT2D eigenvalue weighted by Gasteiger charge is -2.30. The third-order valence-electron chi connectivity index (χ3n) is 5.33. The van der Waals surface area contributed by atoms with Crippen molar-refractivity contribution in [1.82, 2.24) is 14.5 Å². The number of amides is 2. The largest absolute Gasteiger partial charge is 0.383 e. The van der Waals surface area contributed by atoms with Crippen LogP contribution >= 0.6 is 11.3 Å². The maximum Gasteiger partial charge on any atom is 0.330 e. The standard InChI is InChI=1S/C20H27N5O4S/c1-3-5-10-25-16(21)15(17(26)22-20(25)29)23(4-2)18(27)13-8-6-11-24(13)19(28)14-9-7-12-30-14/h7,9,12-13H,3-6,8,10-11,21H2,1-2H3,(H,22,26,29). The molecule has 30 heavy (non-hydrogen) atoms. The number of anilines is 2. The van der Waals surface area contributed by atoms with E-state index in [1.54, 1.807) is 24.0 Å². The van der Waals surface area contributed by atoms with Gasteiger partial charge < -0.3 is 15.5 Å². The van der Waals surface area contributed by atoms with Gasteiger partial charge in [-0.25, -0.2) is 4.79 Å². The summed E-state index contributed by atoms with van der Waals surface area (Å²) in [5, 5.41) is 1.82. The summed E-state index contributed by atoms with van der Waals surface area (Å²) in [7, 11) is 0. The summed E-state index contributed by atoms with van der Waals surface area (Å²) in [5.74, 6) is -0.578. The fourth-order valence-corrected chi connectivity index (χ4v) is 4.47. The molecule has 9 nitrogen and oxygen atoms in total. The average molecular weight is 434 g/mol. The molecule has 1 atom stereocenters. The number of hydrogen-bond donors (Lipinski definition) is 2. The predicted molar refractivity (Wildman–Crippen MR) is 117 cm³/mol. The minimum Gasteiger partial charge on any atom is -0.383 e. The first-order valence-corrected chi connectivity index (χ1v) is 11.1. The van der Waals surface area contributed by atoms with Crippen molar-refractivity contribution in [2.75, 3.05) is 23.7 Å². The zero-order valence-corrected chi connectivity index (χ0v) is 18.0. The van der Waals surface area contributed by atoms with E-state index in [4.69, 9.17) is 5.73 Å². The average Bonchev–Trinajstić information content (AvgIpc) is 3.42. The van der Waals surface area contributed by atoms with Crippen LogP contribution in [0.25, 0.3) is 0 Å². The van der Waals surface area contributed by atoms with E-state index in [0.717, 1.165) is 6.42 Å². The van der Waals surface area contributed by atoms with E-state index in [9.17, 15) is 19.2 Å². The summed E-state index contributed by atoms with van der Waals surface area (Å²) >= 11 is 1.33. The molecule has 0 spiro atoms. The Balaban J connectivity index is 1.96. The molecular formula is C20H27N5O4S. The quantitative estimate of drug-likeness (QED) is 0.687. The Bertz CT molecular complexity index is 1030. The smallest absolute Gasteiger partial charge is 0.330 e. The highest BCUT2D eigenvalue weighted by Crippen LogP contribution is 2.26. The van der Waals surface area contributed by atoms with E-state index < -0.39 is 17.3 Å². The van der Waals surface area contributed by atoms with Gasteiger partial charge in [0.2, 0.25) is 5.91 Å². The van der Waals surface area contributed by atoms with Gasteiger partial charge in [0, 0.05) is 19.6 Å². The number of likely N-dealkylation sites (tertiary alicyclic amines) is 1. The number of nitrogens with zero attached hydrogens (tertiary/aromatic N) is 3. The number of carbonyl (C=O) groups is 2. The lowest BCUT2D eigenvalue weighted by molar-refractivity contribution is -0.122. The number of H-pyrrole nitrogens is 1. The van der Waals surface area contributed by atoms with Gasteiger partial charge in [-0.3, -0.25) is 23.9 Å². The SMILES string of the molecule is CCCCn1c(N)c(N(CC)C(=O)C2CCCN2C(=O)c2cccs2)c(=O)[nH]c1=O. The summed E-state index contributed by atoms with van der Waals surface area (Å²) in [5.41, 5.74) is 4.86. The molecule has 162 valence electrons. The number of aromatic nitrogens is 2. The lowest BCUT2D eigenvalue weighted by atomic mass is 10.1. The number of carbonyl (C=O) groups excluding carboxylic acids is 2. The molecule has 0 aliphatic carbocycles. The molecule has 3 rings (SSSR count). The van der Waals surface area contributed by atoms with Crippen LogP contribution < -0.4 is 21.9 Å². The Hall–Kier alpha value is -2.88. The van der Waals surface area contributed by atoms with Gasteiger partial charge >= 0.3 is 5.69 Å². The zero-order valence-electron chi connectivity index (χ0n) is 17.2. The molecule has 0 radical (unpaired) electrons. The summed E-state index contributed by atoms with van der Waals surface area (Å²) in [6, 6.07) is 2.86. The van der Waals surface area contributed by atoms with Crippen LogP contribution in [0.3, 0.4) is 0 Å². The van der Waals surface area contributed by atoms with Crippen LogP contribution in [-0.2, 0) is 11.3 Å². The molecule has 1 unspecified atom stereocenters. The van der Waals surface area contributed by atoms with Crippen molar-refractivity contribution < 1.29 is 9.59 Å². The number of likely N-dealkylation sites (N-methyl/N-ethyl adjacent to an activating group) is 1. The van der Waals surface area contributed by atoms with E-state index in [1.807, 2.05) is 12.3 Å². The molecule has 1 saturated heterocycles. The second kappa shape index (κ2) is 9.29. The number of hydrogen-bond acceptors (Lipinski definition) is 6. The molecule has 0 bridgehead atoms. The van der Waals surface area contributed by atoms with Gasteiger partial charge in [0.05, 0.1) is 4.88 Å². The normalized spacial score (nSPS) is 16.1. The lowest BCUT2D eigenvalue weighted by Crippen LogP contribution is -2.50. The Kier molecular flexibility index (Phi) is 6.76. The first-order valence-electron chi connectivity index (χ1n) is 10.2. The highest BCUT2D eigenvalue weighted by molar-refractivity contribution is 7.12. The molecule has 3 N–H and O–H groups in total. The minimum absolute atomic E-state index is 0.0264. The van der Waals surface area contributed by atoms with Crippen LogP contribution in [-0.4, -0.2) is 45.4 Å². The van der Waals surface area contributed by atoms with E-state index >= 15 is 0 Å². The van der Waals surface area contributed by atoms with Crippen LogP contribution in [0.15, 0.2) is 27.1 Å². The number of nitrogens with one attached hydrogen (secondary N) is 1. The summed E-state index contributed by atoms with van der Waals surface area (Å²) in [6.45, 7) is 4.74. The van der Waals surface area contributed by atoms with E-state index in [-0.39, 0.29) is 29.9 Å². The first kappa shape index (κ1) is 21.8. The number of unbranched alkanes of at least 4 members (excludes halogenated alkanes) is 1. The van der Waals surface area contributed by atoms with Crippen LogP contribution in [0.2, 0.25) is 0 Å². The summed E-state index contributed by atoms with van der Waals surface area (Å²) < 4.78 is 1.29. The first-order chi connectivity index (χ1) is 14.4. The predicted octanol–water partition coefficient (Wildman–Crippen LogP) is 1.64. The van der Waals surface area contributed by atoms with Gasteiger partial charge in [0.1, 0.15) is 11.9 Å². The van der Waals surface area contributed by atoms with E-state index in [1.165, 1.54) is 20.8 Å². The second-order valence-electron chi connectivity index (χ2n) is 7.21. The molecule has 1 aliphatic rings. The Morgan fingerprint density at radius 2 is 2.10 bits per heavy atom. The van der Waals surface area contributed by atoms with Crippen molar-refractivity contribution in [2.45, 2.75) is 52.1 Å². The number of aromatic amines is 1. The maximum absolute atomic E-state index is 13.4. The molecule has 1 aliphatic heterocycles. The zero-order chi connectivity index (χ0) is 21.8. The van der Waals surface area contributed by atoms with Crippen LogP contribution in [0.5, 0.6) is 0 Å². The van der Waals surface area contributed by atoms with Crippen molar-refractivity contribution in [3.63, 3.8) is 0 Å². The van der Waals surface area contributed by atoms with Gasteiger partial charge in [-0.2, -0.15) is 0 Å². The molecule has 2 aromatic heterocycles. The molecule has 0 aromatic carbocycles. The van der Waals surface area contributed by atoms with Crippen molar-refractivity contribution in [1.29, 1.82) is 0 Å². The number of nitrogens with two attached hydrogens (primary N) is 1. The minimum atomic E-state index is -0.699. The van der Waals surface area contributed by atoms with Gasteiger partial charge in [-0.15, -0.1) is 11.3 Å². The van der Waals surface area contributed by atoms with Crippen molar-refractivity contribution in [2.24, 2.45) is 0 Å². The Morgan fingerprint density at radius 3 is 2.73 bits per heavy atom. The topological polar surface area (TPSA) is 121 Å². The maximum atomic E-state index is 13.4. The van der Waals surface area contributed by atoms with Crippen LogP contribution in [0, 0.1) is 0 Å². The van der Waals surface area contributed by atoms with Crippen LogP contribution in [0.4, 0.5) is 11.5 Å². The van der Waals surface area contributed by atoms with Gasteiger partial charge in [-0.05, 0) is 37.6 Å². The molecule has 0 saturated carbocycles. The van der Waals surface area contributed by atoms with Gasteiger partial charge in [0.25, 0.3) is 11.5 Å². The monoisotopic (exact) mass is 433 g/mol. The molecule has 3 heterocycles. The Morgan fingerprint density at radius 1 is 1.33 bits per heavy atom. The highest BCUT2D eigenvalue weighted by atomic mass is 32.1. The number of rotatable bonds is 7. The molecular weight excluding hydrogens is 406 g/mol. The van der Waals surface area contributed by atoms with E-state index in [2.05, 4.69) is 4.98 Å². The van der Waals surface area contributed by atoms with Crippen molar-refractivity contribution in [3.8, 4) is 0 Å². The van der Waals surface area contributed by atoms with Gasteiger partial charge in [0.15, 0.2) is 5.69 Å². The van der Waals surface area contributed by atoms with E-state index in [0.29, 0.717) is 37.2 Å². The molecule has 2 aromatic rings. The number of nitrogen functional groups attached to an aromatic ring is 1. The highest BCUT2D eigenvalue weighted by Gasteiger charge is 2.38. The molecule has 1 fully saturated rings. The van der Waals surface area contributed by atoms with Crippen molar-refractivity contribution >= 4 is 34.7 Å². The second-order valence-corrected chi connectivity index (χ2v) is 8.16. The fraction of sp³-hybridized carbons (Fsp3) is 0.500. The molecule has 10 heteroatoms. The van der Waals surface area contributed by atoms with Crippen LogP contribution in [0.1, 0.15) is 49.2 Å². The van der Waals surface area contributed by atoms with Crippen molar-refractivity contribution in [3.05, 3.63) is 43.2 Å². The summed E-state index contributed by atoms with van der Waals surface area (Å²) in [4.78, 5) is 56.8. The third kappa shape index (κ3) is 4.04. The van der Waals surface area contributed by atoms with Gasteiger partial charge in [-0.1, -0.05) is 19.4 Å². The third-order valence-corrected chi connectivity index (χ3v) is 6.19. The molecule has 2 amide bonds. The fourth-order valence-electron chi connectivity index (χ4n) is 3.79.